The Bertz CT molecular complexity index is 274. The third kappa shape index (κ3) is 5.15. The molecule has 1 atom stereocenters. The summed E-state index contributed by atoms with van der Waals surface area (Å²) in [6.07, 6.45) is -1.44. The highest BCUT2D eigenvalue weighted by atomic mass is 16.7. The van der Waals surface area contributed by atoms with Gasteiger partial charge in [0.05, 0.1) is 5.41 Å². The average molecular weight is 216 g/mol. The van der Waals surface area contributed by atoms with Crippen molar-refractivity contribution < 1.29 is 23.9 Å². The van der Waals surface area contributed by atoms with Gasteiger partial charge in [-0.25, -0.2) is 0 Å². The highest BCUT2D eigenvalue weighted by molar-refractivity contribution is 5.85. The van der Waals surface area contributed by atoms with Gasteiger partial charge in [0.1, 0.15) is 0 Å². The lowest BCUT2D eigenvalue weighted by Gasteiger charge is -2.20. The van der Waals surface area contributed by atoms with Crippen LogP contribution in [0.1, 0.15) is 34.6 Å². The molecule has 0 aliphatic carbocycles. The molecule has 0 N–H and O–H groups in total. The molecule has 0 aromatic carbocycles. The SMILES string of the molecule is CC(=O)OC(OC(=O)C(C)(C)C)C(C)=O. The predicted octanol–water partition coefficient (Wildman–Crippen LogP) is 1.05. The summed E-state index contributed by atoms with van der Waals surface area (Å²) in [5, 5.41) is 0. The lowest BCUT2D eigenvalue weighted by molar-refractivity contribution is -0.194. The van der Waals surface area contributed by atoms with Crippen molar-refractivity contribution in [1.29, 1.82) is 0 Å². The summed E-state index contributed by atoms with van der Waals surface area (Å²) < 4.78 is 9.30. The van der Waals surface area contributed by atoms with E-state index in [1.54, 1.807) is 20.8 Å². The number of carbonyl (C=O) groups excluding carboxylic acids is 3. The fraction of sp³-hybridized carbons (Fsp3) is 0.700. The number of hydrogen-bond donors (Lipinski definition) is 0. The first-order valence-electron chi connectivity index (χ1n) is 4.53. The lowest BCUT2D eigenvalue weighted by atomic mass is 9.97. The van der Waals surface area contributed by atoms with Gasteiger partial charge in [-0.2, -0.15) is 0 Å². The fourth-order valence-electron chi connectivity index (χ4n) is 0.615. The summed E-state index contributed by atoms with van der Waals surface area (Å²) in [5.74, 6) is -1.79. The van der Waals surface area contributed by atoms with E-state index in [0.29, 0.717) is 0 Å². The van der Waals surface area contributed by atoms with E-state index in [-0.39, 0.29) is 0 Å². The Kier molecular flexibility index (Phi) is 4.45. The molecule has 0 aliphatic heterocycles. The maximum Gasteiger partial charge on any atom is 0.314 e. The zero-order valence-corrected chi connectivity index (χ0v) is 9.62. The van der Waals surface area contributed by atoms with E-state index in [2.05, 4.69) is 4.74 Å². The van der Waals surface area contributed by atoms with Gasteiger partial charge < -0.3 is 9.47 Å². The molecule has 0 aromatic heterocycles. The van der Waals surface area contributed by atoms with Crippen LogP contribution in [0.2, 0.25) is 0 Å². The van der Waals surface area contributed by atoms with E-state index >= 15 is 0 Å². The molecule has 0 saturated carbocycles. The second-order valence-electron chi connectivity index (χ2n) is 4.21. The molecule has 5 nitrogen and oxygen atoms in total. The van der Waals surface area contributed by atoms with Gasteiger partial charge in [0.2, 0.25) is 5.78 Å². The normalized spacial score (nSPS) is 12.9. The highest BCUT2D eigenvalue weighted by Crippen LogP contribution is 2.17. The number of rotatable bonds is 3. The van der Waals surface area contributed by atoms with Gasteiger partial charge in [-0.1, -0.05) is 0 Å². The molecular weight excluding hydrogens is 200 g/mol. The molecule has 0 fully saturated rings. The average Bonchev–Trinajstić information content (AvgIpc) is 1.99. The first kappa shape index (κ1) is 13.6. The quantitative estimate of drug-likeness (QED) is 0.521. The van der Waals surface area contributed by atoms with Crippen molar-refractivity contribution in [3.8, 4) is 0 Å². The standard InChI is InChI=1S/C10H16O5/c1-6(11)8(14-7(2)12)15-9(13)10(3,4)5/h8H,1-5H3. The molecule has 5 heteroatoms. The summed E-state index contributed by atoms with van der Waals surface area (Å²) in [4.78, 5) is 33.0. The minimum atomic E-state index is -1.44. The molecule has 0 bridgehead atoms. The summed E-state index contributed by atoms with van der Waals surface area (Å²) in [6.45, 7) is 7.24. The summed E-state index contributed by atoms with van der Waals surface area (Å²) in [6, 6.07) is 0. The Morgan fingerprint density at radius 3 is 1.73 bits per heavy atom. The number of carbonyl (C=O) groups is 3. The van der Waals surface area contributed by atoms with Crippen LogP contribution in [-0.4, -0.2) is 24.0 Å². The van der Waals surface area contributed by atoms with Crippen LogP contribution in [0.4, 0.5) is 0 Å². The van der Waals surface area contributed by atoms with E-state index in [1.165, 1.54) is 6.92 Å². The van der Waals surface area contributed by atoms with Crippen molar-refractivity contribution in [3.05, 3.63) is 0 Å². The zero-order valence-electron chi connectivity index (χ0n) is 9.62. The fourth-order valence-corrected chi connectivity index (χ4v) is 0.615. The maximum atomic E-state index is 11.4. The number of esters is 2. The Morgan fingerprint density at radius 1 is 1.00 bits per heavy atom. The number of hydrogen-bond acceptors (Lipinski definition) is 5. The first-order valence-corrected chi connectivity index (χ1v) is 4.53. The van der Waals surface area contributed by atoms with Crippen LogP contribution in [0.5, 0.6) is 0 Å². The van der Waals surface area contributed by atoms with Gasteiger partial charge in [-0.15, -0.1) is 0 Å². The van der Waals surface area contributed by atoms with Crippen molar-refractivity contribution in [3.63, 3.8) is 0 Å². The van der Waals surface area contributed by atoms with E-state index in [0.717, 1.165) is 6.92 Å². The predicted molar refractivity (Wildman–Crippen MR) is 51.8 cm³/mol. The van der Waals surface area contributed by atoms with Crippen molar-refractivity contribution in [1.82, 2.24) is 0 Å². The van der Waals surface area contributed by atoms with Gasteiger partial charge >= 0.3 is 18.2 Å². The van der Waals surface area contributed by atoms with E-state index in [1.807, 2.05) is 0 Å². The molecule has 0 amide bonds. The largest absolute Gasteiger partial charge is 0.418 e. The molecule has 0 aliphatic rings. The van der Waals surface area contributed by atoms with E-state index in [4.69, 9.17) is 4.74 Å². The minimum Gasteiger partial charge on any atom is -0.418 e. The van der Waals surface area contributed by atoms with Gasteiger partial charge in [-0.3, -0.25) is 14.4 Å². The number of ether oxygens (including phenoxy) is 2. The first-order chi connectivity index (χ1) is 6.64. The molecule has 0 rings (SSSR count). The topological polar surface area (TPSA) is 69.7 Å². The summed E-state index contributed by atoms with van der Waals surface area (Å²) in [5.41, 5.74) is -0.742. The maximum absolute atomic E-state index is 11.4. The Hall–Kier alpha value is -1.39. The smallest absolute Gasteiger partial charge is 0.314 e. The molecule has 0 heterocycles. The third-order valence-corrected chi connectivity index (χ3v) is 1.43. The second kappa shape index (κ2) is 4.91. The van der Waals surface area contributed by atoms with Gasteiger partial charge in [0.25, 0.3) is 0 Å². The van der Waals surface area contributed by atoms with Crippen molar-refractivity contribution in [2.75, 3.05) is 0 Å². The van der Waals surface area contributed by atoms with Crippen LogP contribution in [0.25, 0.3) is 0 Å². The molecule has 15 heavy (non-hydrogen) atoms. The van der Waals surface area contributed by atoms with Gasteiger partial charge in [0.15, 0.2) is 0 Å². The van der Waals surface area contributed by atoms with Crippen LogP contribution in [0.15, 0.2) is 0 Å². The van der Waals surface area contributed by atoms with Crippen molar-refractivity contribution in [2.45, 2.75) is 40.9 Å². The van der Waals surface area contributed by atoms with Crippen LogP contribution in [0.3, 0.4) is 0 Å². The monoisotopic (exact) mass is 216 g/mol. The van der Waals surface area contributed by atoms with Gasteiger partial charge in [-0.05, 0) is 20.8 Å². The van der Waals surface area contributed by atoms with E-state index in [9.17, 15) is 14.4 Å². The zero-order chi connectivity index (χ0) is 12.2. The minimum absolute atomic E-state index is 0.525. The van der Waals surface area contributed by atoms with Crippen LogP contribution >= 0.6 is 0 Å². The molecule has 1 unspecified atom stereocenters. The Morgan fingerprint density at radius 2 is 1.47 bits per heavy atom. The Labute approximate surface area is 88.7 Å². The van der Waals surface area contributed by atoms with Crippen LogP contribution < -0.4 is 0 Å². The van der Waals surface area contributed by atoms with Gasteiger partial charge in [0, 0.05) is 13.8 Å². The number of ketones is 1. The molecular formula is C10H16O5. The third-order valence-electron chi connectivity index (χ3n) is 1.43. The molecule has 0 aromatic rings. The van der Waals surface area contributed by atoms with Crippen molar-refractivity contribution in [2.24, 2.45) is 5.41 Å². The number of Topliss-reactive ketones (excluding diaryl/α,β-unsaturated/α-hetero) is 1. The summed E-state index contributed by atoms with van der Waals surface area (Å²) in [7, 11) is 0. The summed E-state index contributed by atoms with van der Waals surface area (Å²) >= 11 is 0. The van der Waals surface area contributed by atoms with Crippen LogP contribution in [-0.2, 0) is 23.9 Å². The van der Waals surface area contributed by atoms with E-state index < -0.39 is 29.4 Å². The lowest BCUT2D eigenvalue weighted by Crippen LogP contribution is -2.34. The molecule has 86 valence electrons. The Balaban J connectivity index is 4.50. The molecule has 0 spiro atoms. The van der Waals surface area contributed by atoms with Crippen molar-refractivity contribution >= 4 is 17.7 Å². The highest BCUT2D eigenvalue weighted by Gasteiger charge is 2.29. The van der Waals surface area contributed by atoms with Crippen LogP contribution in [0, 0.1) is 5.41 Å². The molecule has 0 saturated heterocycles. The second-order valence-corrected chi connectivity index (χ2v) is 4.21. The molecule has 0 radical (unpaired) electrons.